The van der Waals surface area contributed by atoms with E-state index in [0.29, 0.717) is 6.04 Å². The van der Waals surface area contributed by atoms with E-state index >= 15 is 0 Å². The Morgan fingerprint density at radius 1 is 1.33 bits per heavy atom. The maximum Gasteiger partial charge on any atom is 0.0438 e. The molecular weight excluding hydrogens is 242 g/mol. The third-order valence-corrected chi connectivity index (χ3v) is 4.42. The zero-order valence-corrected chi connectivity index (χ0v) is 12.2. The molecule has 1 aliphatic rings. The number of nitrogens with one attached hydrogen (secondary N) is 1. The van der Waals surface area contributed by atoms with E-state index in [4.69, 9.17) is 11.6 Å². The molecule has 1 nitrogen and oxygen atoms in total. The standard InChI is InChI=1S/C16H24ClN/c1-3-10-18-16(12(2)13-8-9-13)11-14-6-4-5-7-15(14)17/h4-7,12-13,16,18H,3,8-11H2,1-2H3. The predicted molar refractivity (Wildman–Crippen MR) is 79.1 cm³/mol. The van der Waals surface area contributed by atoms with Gasteiger partial charge in [0.2, 0.25) is 0 Å². The molecular formula is C16H24ClN. The summed E-state index contributed by atoms with van der Waals surface area (Å²) in [6.45, 7) is 5.72. The van der Waals surface area contributed by atoms with Crippen LogP contribution in [0.1, 0.15) is 38.7 Å². The first kappa shape index (κ1) is 13.9. The first-order valence-electron chi connectivity index (χ1n) is 7.19. The molecule has 1 saturated carbocycles. The fraction of sp³-hybridized carbons (Fsp3) is 0.625. The van der Waals surface area contributed by atoms with Crippen molar-refractivity contribution in [3.63, 3.8) is 0 Å². The van der Waals surface area contributed by atoms with Gasteiger partial charge >= 0.3 is 0 Å². The zero-order chi connectivity index (χ0) is 13.0. The summed E-state index contributed by atoms with van der Waals surface area (Å²) < 4.78 is 0. The molecule has 1 N–H and O–H groups in total. The molecule has 0 radical (unpaired) electrons. The first-order valence-corrected chi connectivity index (χ1v) is 7.57. The van der Waals surface area contributed by atoms with Gasteiger partial charge in [-0.1, -0.05) is 43.6 Å². The molecule has 2 atom stereocenters. The fourth-order valence-electron chi connectivity index (χ4n) is 2.63. The summed E-state index contributed by atoms with van der Waals surface area (Å²) in [6.07, 6.45) is 5.07. The van der Waals surface area contributed by atoms with Gasteiger partial charge in [0.1, 0.15) is 0 Å². The van der Waals surface area contributed by atoms with E-state index in [-0.39, 0.29) is 0 Å². The molecule has 0 bridgehead atoms. The second kappa shape index (κ2) is 6.58. The highest BCUT2D eigenvalue weighted by atomic mass is 35.5. The molecule has 2 unspecified atom stereocenters. The molecule has 0 spiro atoms. The minimum Gasteiger partial charge on any atom is -0.313 e. The van der Waals surface area contributed by atoms with Crippen LogP contribution in [0.4, 0.5) is 0 Å². The van der Waals surface area contributed by atoms with Gasteiger partial charge in [-0.15, -0.1) is 0 Å². The lowest BCUT2D eigenvalue weighted by Gasteiger charge is -2.25. The summed E-state index contributed by atoms with van der Waals surface area (Å²) in [5.41, 5.74) is 1.28. The minimum atomic E-state index is 0.567. The van der Waals surface area contributed by atoms with Gasteiger partial charge in [0, 0.05) is 11.1 Å². The molecule has 2 heteroatoms. The average molecular weight is 266 g/mol. The second-order valence-corrected chi connectivity index (χ2v) is 5.96. The van der Waals surface area contributed by atoms with Crippen molar-refractivity contribution in [3.8, 4) is 0 Å². The number of hydrogen-bond acceptors (Lipinski definition) is 1. The monoisotopic (exact) mass is 265 g/mol. The fourth-order valence-corrected chi connectivity index (χ4v) is 2.84. The van der Waals surface area contributed by atoms with Crippen LogP contribution < -0.4 is 5.32 Å². The van der Waals surface area contributed by atoms with Gasteiger partial charge in [0.05, 0.1) is 0 Å². The Morgan fingerprint density at radius 3 is 2.67 bits per heavy atom. The molecule has 0 amide bonds. The van der Waals surface area contributed by atoms with Crippen LogP contribution in [0.3, 0.4) is 0 Å². The van der Waals surface area contributed by atoms with Crippen LogP contribution in [-0.4, -0.2) is 12.6 Å². The van der Waals surface area contributed by atoms with Crippen LogP contribution in [0.2, 0.25) is 5.02 Å². The minimum absolute atomic E-state index is 0.567. The Morgan fingerprint density at radius 2 is 2.06 bits per heavy atom. The summed E-state index contributed by atoms with van der Waals surface area (Å²) in [5.74, 6) is 1.69. The van der Waals surface area contributed by atoms with Crippen molar-refractivity contribution in [1.29, 1.82) is 0 Å². The van der Waals surface area contributed by atoms with E-state index in [2.05, 4.69) is 31.3 Å². The first-order chi connectivity index (χ1) is 8.72. The molecule has 0 aliphatic heterocycles. The number of rotatable bonds is 7. The largest absolute Gasteiger partial charge is 0.313 e. The van der Waals surface area contributed by atoms with Crippen LogP contribution in [0.15, 0.2) is 24.3 Å². The van der Waals surface area contributed by atoms with E-state index < -0.39 is 0 Å². The van der Waals surface area contributed by atoms with Gasteiger partial charge in [-0.25, -0.2) is 0 Å². The van der Waals surface area contributed by atoms with Gasteiger partial charge in [0.15, 0.2) is 0 Å². The van der Waals surface area contributed by atoms with E-state index in [1.807, 2.05) is 12.1 Å². The zero-order valence-electron chi connectivity index (χ0n) is 11.5. The Bertz CT molecular complexity index is 373. The second-order valence-electron chi connectivity index (χ2n) is 5.55. The molecule has 2 rings (SSSR count). The lowest BCUT2D eigenvalue weighted by Crippen LogP contribution is -2.38. The lowest BCUT2D eigenvalue weighted by atomic mass is 9.91. The Labute approximate surface area is 116 Å². The molecule has 1 aliphatic carbocycles. The third-order valence-electron chi connectivity index (χ3n) is 4.05. The van der Waals surface area contributed by atoms with Gasteiger partial charge in [0.25, 0.3) is 0 Å². The third kappa shape index (κ3) is 3.73. The predicted octanol–water partition coefficient (Wildman–Crippen LogP) is 4.30. The van der Waals surface area contributed by atoms with Crippen LogP contribution in [-0.2, 0) is 6.42 Å². The summed E-state index contributed by atoms with van der Waals surface area (Å²) >= 11 is 6.27. The highest BCUT2D eigenvalue weighted by molar-refractivity contribution is 6.31. The van der Waals surface area contributed by atoms with Crippen molar-refractivity contribution in [3.05, 3.63) is 34.9 Å². The molecule has 100 valence electrons. The van der Waals surface area contributed by atoms with Gasteiger partial charge in [-0.05, 0) is 55.7 Å². The van der Waals surface area contributed by atoms with Crippen molar-refractivity contribution >= 4 is 11.6 Å². The number of halogens is 1. The van der Waals surface area contributed by atoms with Crippen molar-refractivity contribution in [2.45, 2.75) is 45.6 Å². The van der Waals surface area contributed by atoms with Crippen LogP contribution in [0.5, 0.6) is 0 Å². The molecule has 1 aromatic carbocycles. The van der Waals surface area contributed by atoms with Crippen molar-refractivity contribution in [2.75, 3.05) is 6.54 Å². The summed E-state index contributed by atoms with van der Waals surface area (Å²) in [5, 5.41) is 4.61. The molecule has 0 heterocycles. The van der Waals surface area contributed by atoms with Gasteiger partial charge < -0.3 is 5.32 Å². The maximum absolute atomic E-state index is 6.27. The van der Waals surface area contributed by atoms with Gasteiger partial charge in [-0.2, -0.15) is 0 Å². The van der Waals surface area contributed by atoms with Crippen LogP contribution in [0.25, 0.3) is 0 Å². The quantitative estimate of drug-likeness (QED) is 0.775. The number of hydrogen-bond donors (Lipinski definition) is 1. The van der Waals surface area contributed by atoms with E-state index in [1.165, 1.54) is 24.8 Å². The normalized spacial score (nSPS) is 18.6. The van der Waals surface area contributed by atoms with Crippen molar-refractivity contribution in [1.82, 2.24) is 5.32 Å². The van der Waals surface area contributed by atoms with Crippen molar-refractivity contribution in [2.24, 2.45) is 11.8 Å². The number of benzene rings is 1. The molecule has 0 saturated heterocycles. The highest BCUT2D eigenvalue weighted by Gasteiger charge is 2.33. The molecule has 1 fully saturated rings. The smallest absolute Gasteiger partial charge is 0.0438 e. The Kier molecular flexibility index (Phi) is 5.08. The Balaban J connectivity index is 2.01. The summed E-state index contributed by atoms with van der Waals surface area (Å²) in [4.78, 5) is 0. The average Bonchev–Trinajstić information content (AvgIpc) is 3.20. The topological polar surface area (TPSA) is 12.0 Å². The van der Waals surface area contributed by atoms with E-state index in [0.717, 1.165) is 29.8 Å². The highest BCUT2D eigenvalue weighted by Crippen LogP contribution is 2.39. The molecule has 18 heavy (non-hydrogen) atoms. The van der Waals surface area contributed by atoms with E-state index in [1.54, 1.807) is 0 Å². The van der Waals surface area contributed by atoms with Crippen LogP contribution >= 0.6 is 11.6 Å². The SMILES string of the molecule is CCCNC(Cc1ccccc1Cl)C(C)C1CC1. The molecule has 0 aromatic heterocycles. The van der Waals surface area contributed by atoms with E-state index in [9.17, 15) is 0 Å². The summed E-state index contributed by atoms with van der Waals surface area (Å²) in [6, 6.07) is 8.81. The summed E-state index contributed by atoms with van der Waals surface area (Å²) in [7, 11) is 0. The Hall–Kier alpha value is -0.530. The van der Waals surface area contributed by atoms with Crippen LogP contribution in [0, 0.1) is 11.8 Å². The van der Waals surface area contributed by atoms with Crippen molar-refractivity contribution < 1.29 is 0 Å². The lowest BCUT2D eigenvalue weighted by molar-refractivity contribution is 0.339. The maximum atomic E-state index is 6.27. The van der Waals surface area contributed by atoms with Gasteiger partial charge in [-0.3, -0.25) is 0 Å². The molecule has 1 aromatic rings.